The van der Waals surface area contributed by atoms with Crippen LogP contribution in [0.25, 0.3) is 16.7 Å². The van der Waals surface area contributed by atoms with Crippen LogP contribution >= 0.6 is 0 Å². The number of allylic oxidation sites excluding steroid dienone is 4. The van der Waals surface area contributed by atoms with E-state index in [-0.39, 0.29) is 27.3 Å². The molecule has 0 spiro atoms. The first-order chi connectivity index (χ1) is 13.3. The Morgan fingerprint density at radius 1 is 0.966 bits per heavy atom. The maximum Gasteiger partial charge on any atom is 3.00 e. The van der Waals surface area contributed by atoms with Crippen LogP contribution in [0.4, 0.5) is 0 Å². The van der Waals surface area contributed by atoms with Crippen LogP contribution in [0.3, 0.4) is 0 Å². The van der Waals surface area contributed by atoms with Crippen molar-refractivity contribution in [3.63, 3.8) is 0 Å². The topological polar surface area (TPSA) is 20.3 Å². The number of nitrogens with zero attached hydrogens (tertiary/aromatic N) is 1. The average molecular weight is 433 g/mol. The normalized spacial score (nSPS) is 14.9. The summed E-state index contributed by atoms with van der Waals surface area (Å²) in [7, 11) is 0.124. The fraction of sp³-hybridized carbons (Fsp3) is 0.280. The molecule has 29 heavy (non-hydrogen) atoms. The van der Waals surface area contributed by atoms with E-state index < -0.39 is 8.84 Å². The molecule has 0 bridgehead atoms. The minimum absolute atomic E-state index is 0. The molecule has 2 aliphatic rings. The Labute approximate surface area is 190 Å². The molecule has 2 nitrogen and oxygen atoms in total. The number of hydrogen-bond donors (Lipinski definition) is 0. The van der Waals surface area contributed by atoms with Crippen LogP contribution in [-0.4, -0.2) is 26.0 Å². The van der Waals surface area contributed by atoms with Crippen molar-refractivity contribution in [1.29, 1.82) is 0 Å². The predicted molar refractivity (Wildman–Crippen MR) is 119 cm³/mol. The van der Waals surface area contributed by atoms with Crippen LogP contribution in [0.2, 0.25) is 6.04 Å². The second kappa shape index (κ2) is 8.14. The Morgan fingerprint density at radius 2 is 1.48 bits per heavy atom. The van der Waals surface area contributed by atoms with Gasteiger partial charge in [-0.2, -0.15) is 0 Å². The van der Waals surface area contributed by atoms with E-state index in [0.29, 0.717) is 6.04 Å². The second-order valence-electron chi connectivity index (χ2n) is 8.74. The first-order valence-corrected chi connectivity index (χ1v) is 11.4. The molecule has 2 aromatic rings. The quantitative estimate of drug-likeness (QED) is 0.558. The molecule has 1 radical (unpaired) electrons. The van der Waals surface area contributed by atoms with E-state index in [2.05, 4.69) is 82.0 Å². The molecule has 0 fully saturated rings. The molecule has 4 rings (SSSR count). The molecule has 4 heteroatoms. The molecule has 0 saturated carbocycles. The Morgan fingerprint density at radius 3 is 2.07 bits per heavy atom. The molecule has 2 aromatic carbocycles. The van der Waals surface area contributed by atoms with Gasteiger partial charge in [0.05, 0.1) is 0 Å². The maximum atomic E-state index is 13.0. The summed E-state index contributed by atoms with van der Waals surface area (Å²) >= 11 is 0. The van der Waals surface area contributed by atoms with Gasteiger partial charge in [-0.25, -0.2) is 0 Å². The van der Waals surface area contributed by atoms with Crippen molar-refractivity contribution >= 4 is 25.6 Å². The van der Waals surface area contributed by atoms with Gasteiger partial charge < -0.3 is 9.03 Å². The van der Waals surface area contributed by atoms with Gasteiger partial charge >= 0.3 is 30.6 Å². The van der Waals surface area contributed by atoms with Gasteiger partial charge in [-0.1, -0.05) is 66.8 Å². The smallest absolute Gasteiger partial charge is 0.375 e. The summed E-state index contributed by atoms with van der Waals surface area (Å²) < 4.78 is 15.0. The Bertz CT molecular complexity index is 1060. The molecule has 0 aromatic heterocycles. The molecule has 0 N–H and O–H groups in total. The Kier molecular flexibility index (Phi) is 6.14. The van der Waals surface area contributed by atoms with Crippen LogP contribution in [0.15, 0.2) is 66.8 Å². The third-order valence-electron chi connectivity index (χ3n) is 5.96. The van der Waals surface area contributed by atoms with Gasteiger partial charge in [0.2, 0.25) is 0 Å². The van der Waals surface area contributed by atoms with E-state index in [4.69, 9.17) is 0 Å². The molecular weight excluding hydrogens is 406 g/mol. The molecule has 0 saturated heterocycles. The summed E-state index contributed by atoms with van der Waals surface area (Å²) in [6.45, 7) is 10.7. The summed E-state index contributed by atoms with van der Waals surface area (Å²) in [6.07, 6.45) is 3.14. The zero-order valence-electron chi connectivity index (χ0n) is 17.7. The fourth-order valence-electron chi connectivity index (χ4n) is 4.08. The van der Waals surface area contributed by atoms with Gasteiger partial charge in [-0.15, -0.1) is 0 Å². The Balaban J connectivity index is 0.00000240. The zero-order valence-corrected chi connectivity index (χ0v) is 20.2. The van der Waals surface area contributed by atoms with E-state index in [1.165, 1.54) is 39.0 Å². The van der Waals surface area contributed by atoms with Gasteiger partial charge in [-0.05, 0) is 66.2 Å². The first-order valence-electron chi connectivity index (χ1n) is 9.85. The number of hydrogen-bond acceptors (Lipinski definition) is 1. The molecule has 2 aliphatic carbocycles. The van der Waals surface area contributed by atoms with Crippen molar-refractivity contribution in [2.75, 3.05) is 7.05 Å². The van der Waals surface area contributed by atoms with Crippen molar-refractivity contribution in [2.24, 2.45) is 0 Å². The average Bonchev–Trinajstić information content (AvgIpc) is 3.05. The first kappa shape index (κ1) is 21.9. The molecule has 0 aliphatic heterocycles. The third kappa shape index (κ3) is 3.96. The van der Waals surface area contributed by atoms with Crippen molar-refractivity contribution in [2.45, 2.75) is 38.8 Å². The minimum Gasteiger partial charge on any atom is -0.375 e. The van der Waals surface area contributed by atoms with Gasteiger partial charge in [0.1, 0.15) is 0 Å². The molecule has 0 heterocycles. The molecular formula is C25H27NOSiTi+3. The number of benzene rings is 2. The van der Waals surface area contributed by atoms with E-state index in [1.54, 1.807) is 0 Å². The summed E-state index contributed by atoms with van der Waals surface area (Å²) in [5.41, 5.74) is 9.75. The van der Waals surface area contributed by atoms with Crippen molar-refractivity contribution in [1.82, 2.24) is 4.57 Å². The molecule has 143 valence electrons. The zero-order chi connectivity index (χ0) is 20.1. The van der Waals surface area contributed by atoms with Crippen LogP contribution in [-0.2, 0) is 26.2 Å². The van der Waals surface area contributed by atoms with E-state index in [9.17, 15) is 4.46 Å². The number of rotatable bonds is 3. The van der Waals surface area contributed by atoms with Crippen LogP contribution < -0.4 is 0 Å². The summed E-state index contributed by atoms with van der Waals surface area (Å²) in [5.74, 6) is 0. The predicted octanol–water partition coefficient (Wildman–Crippen LogP) is 5.95. The molecule has 0 unspecified atom stereocenters. The fourth-order valence-corrected chi connectivity index (χ4v) is 5.68. The monoisotopic (exact) mass is 433 g/mol. The molecule has 0 amide bonds. The maximum absolute atomic E-state index is 13.0. The van der Waals surface area contributed by atoms with Crippen LogP contribution in [0.1, 0.15) is 49.4 Å². The van der Waals surface area contributed by atoms with E-state index in [0.717, 1.165) is 12.0 Å². The van der Waals surface area contributed by atoms with Crippen molar-refractivity contribution in [3.05, 3.63) is 89.0 Å². The van der Waals surface area contributed by atoms with E-state index in [1.807, 2.05) is 11.6 Å². The summed E-state index contributed by atoms with van der Waals surface area (Å²) in [4.78, 5) is 0. The van der Waals surface area contributed by atoms with Crippen molar-refractivity contribution < 1.29 is 26.2 Å². The van der Waals surface area contributed by atoms with Gasteiger partial charge in [0.15, 0.2) is 0 Å². The standard InChI is InChI=1S/C25H27NOSi.Ti/c1-17-19-10-6-8-12-21(19)23-14-18(16-28(27)26(5)25(2,3)4)15-24(23)22-13-9-7-11-20(17)22;/h6-14H,1,15-16H2,2-5H3;/q;+3. The summed E-state index contributed by atoms with van der Waals surface area (Å²) in [6, 6.07) is 17.7. The minimum atomic E-state index is -1.85. The van der Waals surface area contributed by atoms with Gasteiger partial charge in [-0.3, -0.25) is 0 Å². The third-order valence-corrected chi connectivity index (χ3v) is 8.13. The SMILES string of the molecule is C=C1c2ccccc2C2=C(CC(C[Si](=O)N(C)C(C)(C)C)=C2)c2ccccc21.[Ti+3]. The van der Waals surface area contributed by atoms with Gasteiger partial charge in [0, 0.05) is 18.6 Å². The second-order valence-corrected chi connectivity index (χ2v) is 10.6. The molecule has 0 atom stereocenters. The largest absolute Gasteiger partial charge is 3.00 e. The van der Waals surface area contributed by atoms with Gasteiger partial charge in [0.25, 0.3) is 0 Å². The Hall–Kier alpha value is -1.81. The number of fused-ring (bicyclic) bond motifs is 4. The van der Waals surface area contributed by atoms with Crippen LogP contribution in [0, 0.1) is 0 Å². The van der Waals surface area contributed by atoms with Crippen LogP contribution in [0.5, 0.6) is 0 Å². The van der Waals surface area contributed by atoms with E-state index >= 15 is 0 Å². The summed E-state index contributed by atoms with van der Waals surface area (Å²) in [5, 5.41) is 0. The van der Waals surface area contributed by atoms with Crippen molar-refractivity contribution in [3.8, 4) is 0 Å².